The Hall–Kier alpha value is -0.790. The van der Waals surface area contributed by atoms with E-state index in [9.17, 15) is 4.79 Å². The molecule has 0 aliphatic carbocycles. The third-order valence-corrected chi connectivity index (χ3v) is 3.51. The van der Waals surface area contributed by atoms with Crippen LogP contribution in [0.25, 0.3) is 0 Å². The number of allylic oxidation sites excluding steroid dienone is 2. The number of carbonyl (C=O) groups excluding carboxylic acids is 1. The molecular weight excluding hydrogens is 224 g/mol. The minimum absolute atomic E-state index is 0.0175. The highest BCUT2D eigenvalue weighted by Gasteiger charge is 2.21. The highest BCUT2D eigenvalue weighted by molar-refractivity contribution is 5.71. The Labute approximate surface area is 112 Å². The first-order valence-electron chi connectivity index (χ1n) is 7.67. The molecule has 0 bridgehead atoms. The number of hydrogen-bond acceptors (Lipinski definition) is 2. The summed E-state index contributed by atoms with van der Waals surface area (Å²) in [6.07, 6.45) is 17.7. The molecule has 2 nitrogen and oxygen atoms in total. The molecule has 1 aliphatic rings. The van der Waals surface area contributed by atoms with E-state index in [1.165, 1.54) is 44.9 Å². The molecule has 0 aromatic heterocycles. The Kier molecular flexibility index (Phi) is 8.62. The van der Waals surface area contributed by atoms with E-state index in [2.05, 4.69) is 19.1 Å². The highest BCUT2D eigenvalue weighted by Crippen LogP contribution is 2.18. The zero-order chi connectivity index (χ0) is 13.1. The van der Waals surface area contributed by atoms with Crippen LogP contribution in [0, 0.1) is 0 Å². The molecule has 0 N–H and O–H groups in total. The van der Waals surface area contributed by atoms with Gasteiger partial charge in [-0.2, -0.15) is 0 Å². The van der Waals surface area contributed by atoms with Gasteiger partial charge in [-0.05, 0) is 32.1 Å². The zero-order valence-electron chi connectivity index (χ0n) is 11.8. The molecule has 1 fully saturated rings. The summed E-state index contributed by atoms with van der Waals surface area (Å²) in [5, 5.41) is 0. The molecule has 0 aromatic rings. The van der Waals surface area contributed by atoms with Crippen molar-refractivity contribution in [2.24, 2.45) is 0 Å². The van der Waals surface area contributed by atoms with Gasteiger partial charge in [-0.1, -0.05) is 51.2 Å². The van der Waals surface area contributed by atoms with Crippen molar-refractivity contribution in [2.75, 3.05) is 0 Å². The normalized spacial score (nSPS) is 19.6. The molecule has 1 atom stereocenters. The van der Waals surface area contributed by atoms with Crippen LogP contribution in [0.5, 0.6) is 0 Å². The first-order chi connectivity index (χ1) is 8.83. The minimum Gasteiger partial charge on any atom is -0.462 e. The fourth-order valence-electron chi connectivity index (χ4n) is 2.35. The van der Waals surface area contributed by atoms with Crippen molar-refractivity contribution in [2.45, 2.75) is 83.7 Å². The second-order valence-corrected chi connectivity index (χ2v) is 5.26. The summed E-state index contributed by atoms with van der Waals surface area (Å²) < 4.78 is 5.17. The van der Waals surface area contributed by atoms with Gasteiger partial charge in [0.1, 0.15) is 6.10 Å². The largest absolute Gasteiger partial charge is 0.462 e. The molecular formula is C16H28O2. The van der Waals surface area contributed by atoms with E-state index in [0.717, 1.165) is 19.3 Å². The van der Waals surface area contributed by atoms with Crippen molar-refractivity contribution in [3.8, 4) is 0 Å². The molecule has 104 valence electrons. The van der Waals surface area contributed by atoms with Gasteiger partial charge < -0.3 is 4.74 Å². The molecule has 2 heteroatoms. The van der Waals surface area contributed by atoms with Gasteiger partial charge in [-0.3, -0.25) is 4.79 Å². The average Bonchev–Trinajstić information content (AvgIpc) is 2.77. The Balaban J connectivity index is 1.84. The van der Waals surface area contributed by atoms with Crippen molar-refractivity contribution >= 4 is 5.97 Å². The molecule has 18 heavy (non-hydrogen) atoms. The van der Waals surface area contributed by atoms with E-state index in [0.29, 0.717) is 6.42 Å². The third-order valence-electron chi connectivity index (χ3n) is 3.51. The van der Waals surface area contributed by atoms with Crippen LogP contribution in [0.15, 0.2) is 12.2 Å². The number of rotatable bonds is 10. The smallest absolute Gasteiger partial charge is 0.306 e. The number of carbonyl (C=O) groups is 1. The van der Waals surface area contributed by atoms with Crippen LogP contribution in [-0.2, 0) is 9.53 Å². The number of esters is 1. The lowest BCUT2D eigenvalue weighted by Crippen LogP contribution is -2.05. The number of hydrogen-bond donors (Lipinski definition) is 0. The van der Waals surface area contributed by atoms with Crippen LogP contribution < -0.4 is 0 Å². The lowest BCUT2D eigenvalue weighted by molar-refractivity contribution is -0.141. The molecule has 1 heterocycles. The zero-order valence-corrected chi connectivity index (χ0v) is 11.8. The summed E-state index contributed by atoms with van der Waals surface area (Å²) in [5.74, 6) is -0.0175. The van der Waals surface area contributed by atoms with E-state index in [-0.39, 0.29) is 12.1 Å². The van der Waals surface area contributed by atoms with Crippen LogP contribution in [0.2, 0.25) is 0 Å². The van der Waals surface area contributed by atoms with Crippen molar-refractivity contribution in [3.05, 3.63) is 12.2 Å². The lowest BCUT2D eigenvalue weighted by atomic mass is 10.1. The number of cyclic esters (lactones) is 1. The molecule has 1 unspecified atom stereocenters. The summed E-state index contributed by atoms with van der Waals surface area (Å²) in [6.45, 7) is 2.25. The van der Waals surface area contributed by atoms with Gasteiger partial charge in [0.25, 0.3) is 0 Å². The maximum absolute atomic E-state index is 10.9. The summed E-state index contributed by atoms with van der Waals surface area (Å²) in [5.41, 5.74) is 0. The Morgan fingerprint density at radius 1 is 1.11 bits per heavy atom. The average molecular weight is 252 g/mol. The van der Waals surface area contributed by atoms with Crippen LogP contribution in [-0.4, -0.2) is 12.1 Å². The third kappa shape index (κ3) is 7.52. The molecule has 1 rings (SSSR count). The van der Waals surface area contributed by atoms with Crippen molar-refractivity contribution < 1.29 is 9.53 Å². The monoisotopic (exact) mass is 252 g/mol. The Morgan fingerprint density at radius 2 is 1.83 bits per heavy atom. The maximum Gasteiger partial charge on any atom is 0.306 e. The van der Waals surface area contributed by atoms with Crippen LogP contribution in [0.1, 0.15) is 77.6 Å². The summed E-state index contributed by atoms with van der Waals surface area (Å²) in [6, 6.07) is 0. The molecule has 0 aromatic carbocycles. The molecule has 0 radical (unpaired) electrons. The van der Waals surface area contributed by atoms with Crippen molar-refractivity contribution in [1.29, 1.82) is 0 Å². The predicted octanol–water partition coefficient (Wildman–Crippen LogP) is 4.78. The highest BCUT2D eigenvalue weighted by atomic mass is 16.5. The van der Waals surface area contributed by atoms with E-state index >= 15 is 0 Å². The van der Waals surface area contributed by atoms with Crippen molar-refractivity contribution in [3.63, 3.8) is 0 Å². The predicted molar refractivity (Wildman–Crippen MR) is 75.5 cm³/mol. The molecule has 0 spiro atoms. The van der Waals surface area contributed by atoms with Crippen LogP contribution in [0.4, 0.5) is 0 Å². The Morgan fingerprint density at radius 3 is 2.56 bits per heavy atom. The SMILES string of the molecule is CCCCCCCC/C=C\CCC1CCC(=O)O1. The fraction of sp³-hybridized carbons (Fsp3) is 0.812. The van der Waals surface area contributed by atoms with Gasteiger partial charge in [0.05, 0.1) is 0 Å². The summed E-state index contributed by atoms with van der Waals surface area (Å²) in [7, 11) is 0. The van der Waals surface area contributed by atoms with Gasteiger partial charge in [-0.15, -0.1) is 0 Å². The van der Waals surface area contributed by atoms with E-state index in [4.69, 9.17) is 4.74 Å². The van der Waals surface area contributed by atoms with Gasteiger partial charge in [0.15, 0.2) is 0 Å². The Bertz CT molecular complexity index is 245. The standard InChI is InChI=1S/C16H28O2/c1-2-3-4-5-6-7-8-9-10-11-12-15-13-14-16(17)18-15/h9-10,15H,2-8,11-14H2,1H3/b10-9-. The lowest BCUT2D eigenvalue weighted by Gasteiger charge is -2.05. The minimum atomic E-state index is -0.0175. The van der Waals surface area contributed by atoms with Crippen LogP contribution in [0.3, 0.4) is 0 Å². The first kappa shape index (κ1) is 15.3. The molecule has 0 amide bonds. The van der Waals surface area contributed by atoms with E-state index in [1.807, 2.05) is 0 Å². The van der Waals surface area contributed by atoms with Gasteiger partial charge in [-0.25, -0.2) is 0 Å². The molecule has 1 aliphatic heterocycles. The second kappa shape index (κ2) is 10.2. The van der Waals surface area contributed by atoms with Gasteiger partial charge in [0, 0.05) is 6.42 Å². The maximum atomic E-state index is 10.9. The van der Waals surface area contributed by atoms with E-state index < -0.39 is 0 Å². The summed E-state index contributed by atoms with van der Waals surface area (Å²) >= 11 is 0. The van der Waals surface area contributed by atoms with E-state index in [1.54, 1.807) is 0 Å². The summed E-state index contributed by atoms with van der Waals surface area (Å²) in [4.78, 5) is 10.9. The fourth-order valence-corrected chi connectivity index (χ4v) is 2.35. The topological polar surface area (TPSA) is 26.3 Å². The van der Waals surface area contributed by atoms with Gasteiger partial charge >= 0.3 is 5.97 Å². The van der Waals surface area contributed by atoms with Crippen molar-refractivity contribution in [1.82, 2.24) is 0 Å². The van der Waals surface area contributed by atoms with Crippen LogP contribution >= 0.6 is 0 Å². The molecule has 0 saturated carbocycles. The number of ether oxygens (including phenoxy) is 1. The number of unbranched alkanes of at least 4 members (excludes halogenated alkanes) is 6. The second-order valence-electron chi connectivity index (χ2n) is 5.26. The molecule has 1 saturated heterocycles. The van der Waals surface area contributed by atoms with Gasteiger partial charge in [0.2, 0.25) is 0 Å². The first-order valence-corrected chi connectivity index (χ1v) is 7.67. The quantitative estimate of drug-likeness (QED) is 0.318.